The maximum Gasteiger partial charge on any atom is 0.328 e. The second kappa shape index (κ2) is 8.33. The Hall–Kier alpha value is -3.30. The van der Waals surface area contributed by atoms with Gasteiger partial charge in [-0.2, -0.15) is 0 Å². The molecule has 164 valence electrons. The number of hydrogen-bond acceptors (Lipinski definition) is 6. The standard InChI is InChI=1S/C23H22N4O4S/c1-2-26-21(29)16-10-9-14(12-18(16)24-22(26)30)20(28)27(13-15-6-5-11-31-15)23-25-17-7-3-4-8-19(17)32-23/h3-4,7-10,12,15H,2,5-6,11,13H2,1H3,(H,24,30). The molecule has 1 atom stereocenters. The van der Waals surface area contributed by atoms with Crippen LogP contribution < -0.4 is 16.1 Å². The summed E-state index contributed by atoms with van der Waals surface area (Å²) in [5.74, 6) is -0.248. The number of aromatic nitrogens is 3. The lowest BCUT2D eigenvalue weighted by Crippen LogP contribution is -2.38. The zero-order chi connectivity index (χ0) is 22.2. The number of carbonyl (C=O) groups is 1. The summed E-state index contributed by atoms with van der Waals surface area (Å²) in [6.07, 6.45) is 1.80. The molecule has 0 spiro atoms. The minimum atomic E-state index is -0.489. The highest BCUT2D eigenvalue weighted by Gasteiger charge is 2.27. The van der Waals surface area contributed by atoms with Gasteiger partial charge >= 0.3 is 5.69 Å². The van der Waals surface area contributed by atoms with Gasteiger partial charge < -0.3 is 9.72 Å². The molecule has 3 heterocycles. The van der Waals surface area contributed by atoms with Gasteiger partial charge in [-0.3, -0.25) is 19.1 Å². The second-order valence-corrected chi connectivity index (χ2v) is 8.76. The first-order valence-electron chi connectivity index (χ1n) is 10.6. The highest BCUT2D eigenvalue weighted by atomic mass is 32.1. The van der Waals surface area contributed by atoms with Gasteiger partial charge in [-0.15, -0.1) is 0 Å². The molecule has 2 aromatic carbocycles. The Morgan fingerprint density at radius 3 is 2.88 bits per heavy atom. The Morgan fingerprint density at radius 1 is 1.28 bits per heavy atom. The van der Waals surface area contributed by atoms with Crippen LogP contribution in [0.1, 0.15) is 30.1 Å². The van der Waals surface area contributed by atoms with Crippen LogP contribution in [0.4, 0.5) is 5.13 Å². The first-order chi connectivity index (χ1) is 15.5. The number of nitrogens with one attached hydrogen (secondary N) is 1. The molecule has 5 rings (SSSR count). The molecule has 1 unspecified atom stereocenters. The fourth-order valence-electron chi connectivity index (χ4n) is 4.05. The van der Waals surface area contributed by atoms with Crippen molar-refractivity contribution in [3.05, 3.63) is 68.9 Å². The van der Waals surface area contributed by atoms with Gasteiger partial charge in [-0.1, -0.05) is 23.5 Å². The van der Waals surface area contributed by atoms with E-state index in [0.717, 1.165) is 27.6 Å². The van der Waals surface area contributed by atoms with E-state index in [4.69, 9.17) is 4.74 Å². The van der Waals surface area contributed by atoms with Crippen molar-refractivity contribution in [2.24, 2.45) is 0 Å². The molecule has 1 N–H and O–H groups in total. The molecular weight excluding hydrogens is 428 g/mol. The Bertz CT molecular complexity index is 1400. The van der Waals surface area contributed by atoms with E-state index in [2.05, 4.69) is 9.97 Å². The predicted octanol–water partition coefficient (Wildman–Crippen LogP) is 3.15. The van der Waals surface area contributed by atoms with E-state index in [0.29, 0.717) is 34.7 Å². The molecular formula is C23H22N4O4S. The molecule has 1 aliphatic heterocycles. The largest absolute Gasteiger partial charge is 0.376 e. The SMILES string of the molecule is CCn1c(=O)[nH]c2cc(C(=O)N(CC3CCCO3)c3nc4ccccc4s3)ccc2c1=O. The smallest absolute Gasteiger partial charge is 0.328 e. The number of carbonyl (C=O) groups excluding carboxylic acids is 1. The summed E-state index contributed by atoms with van der Waals surface area (Å²) in [5.41, 5.74) is 0.696. The molecule has 1 saturated heterocycles. The number of H-pyrrole nitrogens is 1. The molecule has 0 radical (unpaired) electrons. The number of aromatic amines is 1. The molecule has 0 saturated carbocycles. The third-order valence-electron chi connectivity index (χ3n) is 5.71. The number of thiazole rings is 1. The van der Waals surface area contributed by atoms with E-state index >= 15 is 0 Å². The highest BCUT2D eigenvalue weighted by molar-refractivity contribution is 7.22. The van der Waals surface area contributed by atoms with Crippen molar-refractivity contribution in [2.45, 2.75) is 32.4 Å². The minimum Gasteiger partial charge on any atom is -0.376 e. The molecule has 8 nitrogen and oxygen atoms in total. The number of nitrogens with zero attached hydrogens (tertiary/aromatic N) is 3. The van der Waals surface area contributed by atoms with Gasteiger partial charge in [0.05, 0.1) is 33.8 Å². The second-order valence-electron chi connectivity index (χ2n) is 7.75. The Balaban J connectivity index is 1.57. The van der Waals surface area contributed by atoms with Gasteiger partial charge in [0.2, 0.25) is 0 Å². The van der Waals surface area contributed by atoms with E-state index in [9.17, 15) is 14.4 Å². The van der Waals surface area contributed by atoms with Gasteiger partial charge in [-0.05, 0) is 50.1 Å². The van der Waals surface area contributed by atoms with Gasteiger partial charge in [0.25, 0.3) is 11.5 Å². The van der Waals surface area contributed by atoms with E-state index in [-0.39, 0.29) is 24.1 Å². The quantitative estimate of drug-likeness (QED) is 0.504. The number of anilines is 1. The average Bonchev–Trinajstić information content (AvgIpc) is 3.46. The van der Waals surface area contributed by atoms with Crippen molar-refractivity contribution < 1.29 is 9.53 Å². The summed E-state index contributed by atoms with van der Waals surface area (Å²) in [6, 6.07) is 12.5. The molecule has 4 aromatic rings. The number of rotatable bonds is 5. The maximum absolute atomic E-state index is 13.6. The van der Waals surface area contributed by atoms with Crippen molar-refractivity contribution in [1.82, 2.24) is 14.5 Å². The number of fused-ring (bicyclic) bond motifs is 2. The minimum absolute atomic E-state index is 0.0528. The first kappa shape index (κ1) is 20.6. The molecule has 0 aliphatic carbocycles. The first-order valence-corrected chi connectivity index (χ1v) is 11.4. The van der Waals surface area contributed by atoms with E-state index in [1.807, 2.05) is 24.3 Å². The fraction of sp³-hybridized carbons (Fsp3) is 0.304. The van der Waals surface area contributed by atoms with Crippen LogP contribution in [0.25, 0.3) is 21.1 Å². The topological polar surface area (TPSA) is 97.3 Å². The third kappa shape index (κ3) is 3.63. The summed E-state index contributed by atoms with van der Waals surface area (Å²) in [5, 5.41) is 0.968. The maximum atomic E-state index is 13.6. The molecule has 1 fully saturated rings. The summed E-state index contributed by atoms with van der Waals surface area (Å²) in [7, 11) is 0. The van der Waals surface area contributed by atoms with Crippen LogP contribution in [0.3, 0.4) is 0 Å². The molecule has 1 amide bonds. The lowest BCUT2D eigenvalue weighted by molar-refractivity contribution is 0.0917. The number of para-hydroxylation sites is 1. The molecule has 32 heavy (non-hydrogen) atoms. The molecule has 0 bridgehead atoms. The number of ether oxygens (including phenoxy) is 1. The van der Waals surface area contributed by atoms with Crippen LogP contribution in [0, 0.1) is 0 Å². The Morgan fingerprint density at radius 2 is 2.12 bits per heavy atom. The lowest BCUT2D eigenvalue weighted by atomic mass is 10.1. The fourth-order valence-corrected chi connectivity index (χ4v) is 5.02. The molecule has 9 heteroatoms. The molecule has 1 aliphatic rings. The van der Waals surface area contributed by atoms with Crippen LogP contribution in [0.5, 0.6) is 0 Å². The Kier molecular flexibility index (Phi) is 5.36. The van der Waals surface area contributed by atoms with E-state index in [1.165, 1.54) is 11.3 Å². The average molecular weight is 451 g/mol. The summed E-state index contributed by atoms with van der Waals surface area (Å²) < 4.78 is 7.91. The van der Waals surface area contributed by atoms with Crippen molar-refractivity contribution in [2.75, 3.05) is 18.1 Å². The van der Waals surface area contributed by atoms with Crippen molar-refractivity contribution >= 4 is 43.5 Å². The van der Waals surface area contributed by atoms with Gasteiger partial charge in [0.1, 0.15) is 0 Å². The van der Waals surface area contributed by atoms with Crippen molar-refractivity contribution in [3.63, 3.8) is 0 Å². The zero-order valence-corrected chi connectivity index (χ0v) is 18.4. The zero-order valence-electron chi connectivity index (χ0n) is 17.5. The van der Waals surface area contributed by atoms with Gasteiger partial charge in [-0.25, -0.2) is 9.78 Å². The lowest BCUT2D eigenvalue weighted by Gasteiger charge is -2.23. The Labute approximate surface area is 187 Å². The predicted molar refractivity (Wildman–Crippen MR) is 125 cm³/mol. The summed E-state index contributed by atoms with van der Waals surface area (Å²) >= 11 is 1.45. The molecule has 2 aromatic heterocycles. The van der Waals surface area contributed by atoms with E-state index in [1.54, 1.807) is 30.0 Å². The number of benzene rings is 2. The van der Waals surface area contributed by atoms with Crippen molar-refractivity contribution in [1.29, 1.82) is 0 Å². The number of amides is 1. The van der Waals surface area contributed by atoms with Crippen LogP contribution in [0.15, 0.2) is 52.1 Å². The van der Waals surface area contributed by atoms with Crippen LogP contribution in [0.2, 0.25) is 0 Å². The number of hydrogen-bond donors (Lipinski definition) is 1. The van der Waals surface area contributed by atoms with Gasteiger partial charge in [0.15, 0.2) is 5.13 Å². The monoisotopic (exact) mass is 450 g/mol. The van der Waals surface area contributed by atoms with Crippen LogP contribution in [-0.2, 0) is 11.3 Å². The van der Waals surface area contributed by atoms with Crippen LogP contribution in [-0.4, -0.2) is 39.7 Å². The summed E-state index contributed by atoms with van der Waals surface area (Å²) in [4.78, 5) is 47.5. The van der Waals surface area contributed by atoms with Gasteiger partial charge in [0, 0.05) is 18.7 Å². The third-order valence-corrected chi connectivity index (χ3v) is 6.77. The van der Waals surface area contributed by atoms with Crippen LogP contribution >= 0.6 is 11.3 Å². The van der Waals surface area contributed by atoms with Crippen molar-refractivity contribution in [3.8, 4) is 0 Å². The normalized spacial score (nSPS) is 16.1. The van der Waals surface area contributed by atoms with E-state index < -0.39 is 5.69 Å². The summed E-state index contributed by atoms with van der Waals surface area (Å²) in [6.45, 7) is 3.09. The highest BCUT2D eigenvalue weighted by Crippen LogP contribution is 2.31.